The first-order valence-corrected chi connectivity index (χ1v) is 19.1. The van der Waals surface area contributed by atoms with E-state index in [0.29, 0.717) is 11.1 Å². The van der Waals surface area contributed by atoms with Crippen LogP contribution in [0.25, 0.3) is 0 Å². The standard InChI is InChI=1S/C37H40Cl2F2N2O11S/c1-37(2,3)54-33(44)17-43(55(47)48)28-10-8-24(13-31(28)49-18-21-4-5-21)35(46)51-20-34(45)52-30(14-25-26(38)15-42-16-27(25)39)23-9-11-29(53-36(40)41)32(12-23)50-19-22-6-7-22/h8-13,15-16,21-22,30,36H,4-7,14,17-20H2,1-3H3,(H,47,48)/p-1. The molecule has 2 atom stereocenters. The minimum atomic E-state index is -3.12. The van der Waals surface area contributed by atoms with Crippen LogP contribution in [0.2, 0.25) is 10.0 Å². The number of carbonyl (C=O) groups is 3. The predicted molar refractivity (Wildman–Crippen MR) is 195 cm³/mol. The fourth-order valence-corrected chi connectivity index (χ4v) is 6.18. The average molecular weight is 829 g/mol. The number of aromatic nitrogens is 1. The Morgan fingerprint density at radius 3 is 2.15 bits per heavy atom. The zero-order chi connectivity index (χ0) is 39.9. The lowest BCUT2D eigenvalue weighted by molar-refractivity contribution is -0.153. The molecular formula is C37H39Cl2F2N2O11S-. The molecule has 2 aromatic carbocycles. The van der Waals surface area contributed by atoms with Gasteiger partial charge in [0.05, 0.1) is 34.5 Å². The number of ether oxygens (including phenoxy) is 6. The number of esters is 3. The SMILES string of the molecule is CC(C)(C)OC(=O)CN(c1ccc(C(=O)OCC(=O)OC(Cc2c(Cl)cncc2Cl)c2ccc(OC(F)F)c(OCC3CC3)c2)cc1OCC1CC1)S(=O)[O-]. The summed E-state index contributed by atoms with van der Waals surface area (Å²) in [5, 5.41) is 0.355. The van der Waals surface area contributed by atoms with Crippen molar-refractivity contribution in [3.05, 3.63) is 75.5 Å². The summed E-state index contributed by atoms with van der Waals surface area (Å²) in [6.07, 6.45) is 5.21. The number of hydrogen-bond donors (Lipinski definition) is 0. The number of hydrogen-bond acceptors (Lipinski definition) is 12. The van der Waals surface area contributed by atoms with E-state index in [1.807, 2.05) is 0 Å². The van der Waals surface area contributed by atoms with Crippen LogP contribution in [0, 0.1) is 11.8 Å². The minimum absolute atomic E-state index is 0.0118. The van der Waals surface area contributed by atoms with Crippen LogP contribution in [0.5, 0.6) is 17.2 Å². The van der Waals surface area contributed by atoms with Crippen LogP contribution in [0.15, 0.2) is 48.8 Å². The zero-order valence-corrected chi connectivity index (χ0v) is 32.4. The van der Waals surface area contributed by atoms with Crippen molar-refractivity contribution in [2.75, 3.05) is 30.7 Å². The molecule has 5 rings (SSSR count). The summed E-state index contributed by atoms with van der Waals surface area (Å²) in [5.74, 6) is -2.45. The molecule has 0 spiro atoms. The number of rotatable bonds is 19. The second-order valence-electron chi connectivity index (χ2n) is 14.0. The monoisotopic (exact) mass is 827 g/mol. The molecule has 55 heavy (non-hydrogen) atoms. The third-order valence-electron chi connectivity index (χ3n) is 8.17. The van der Waals surface area contributed by atoms with Crippen LogP contribution in [-0.4, -0.2) is 70.2 Å². The van der Waals surface area contributed by atoms with Crippen molar-refractivity contribution in [3.8, 4) is 17.2 Å². The first-order chi connectivity index (χ1) is 26.1. The van der Waals surface area contributed by atoms with Crippen LogP contribution in [0.1, 0.15) is 74.0 Å². The van der Waals surface area contributed by atoms with Crippen LogP contribution in [-0.2, 0) is 41.5 Å². The van der Waals surface area contributed by atoms with Gasteiger partial charge in [0.15, 0.2) is 18.1 Å². The molecule has 2 saturated carbocycles. The second-order valence-corrected chi connectivity index (χ2v) is 15.6. The summed E-state index contributed by atoms with van der Waals surface area (Å²) in [5.41, 5.74) is -0.279. The lowest BCUT2D eigenvalue weighted by atomic mass is 10.0. The molecule has 1 aromatic heterocycles. The van der Waals surface area contributed by atoms with Crippen LogP contribution >= 0.6 is 23.2 Å². The predicted octanol–water partition coefficient (Wildman–Crippen LogP) is 7.19. The van der Waals surface area contributed by atoms with Crippen molar-refractivity contribution in [2.24, 2.45) is 11.8 Å². The summed E-state index contributed by atoms with van der Waals surface area (Å²) in [6, 6.07) is 7.89. The number of benzene rings is 2. The topological polar surface area (TPSA) is 163 Å². The highest BCUT2D eigenvalue weighted by Gasteiger charge is 2.28. The molecule has 298 valence electrons. The highest BCUT2D eigenvalue weighted by atomic mass is 35.5. The third-order valence-corrected chi connectivity index (χ3v) is 9.51. The number of pyridine rings is 1. The largest absolute Gasteiger partial charge is 0.755 e. The molecule has 18 heteroatoms. The molecule has 3 aromatic rings. The summed E-state index contributed by atoms with van der Waals surface area (Å²) in [7, 11) is 0. The van der Waals surface area contributed by atoms with E-state index < -0.39 is 60.6 Å². The normalized spacial score (nSPS) is 15.1. The minimum Gasteiger partial charge on any atom is -0.755 e. The van der Waals surface area contributed by atoms with Crippen LogP contribution in [0.3, 0.4) is 0 Å². The number of carbonyl (C=O) groups excluding carboxylic acids is 3. The highest BCUT2D eigenvalue weighted by molar-refractivity contribution is 7.80. The van der Waals surface area contributed by atoms with Gasteiger partial charge in [-0.3, -0.25) is 18.3 Å². The van der Waals surface area contributed by atoms with Gasteiger partial charge in [0.2, 0.25) is 0 Å². The van der Waals surface area contributed by atoms with Gasteiger partial charge in [-0.15, -0.1) is 0 Å². The maximum Gasteiger partial charge on any atom is 0.387 e. The molecule has 0 radical (unpaired) electrons. The zero-order valence-electron chi connectivity index (χ0n) is 30.1. The number of anilines is 1. The first kappa shape index (κ1) is 41.9. The van der Waals surface area contributed by atoms with E-state index in [4.69, 9.17) is 46.9 Å². The molecule has 13 nitrogen and oxygen atoms in total. The van der Waals surface area contributed by atoms with Crippen molar-refractivity contribution < 1.29 is 60.3 Å². The summed E-state index contributed by atoms with van der Waals surface area (Å²) in [4.78, 5) is 42.9. The Hall–Kier alpha value is -4.25. The van der Waals surface area contributed by atoms with Crippen molar-refractivity contribution in [2.45, 2.75) is 71.2 Å². The van der Waals surface area contributed by atoms with Gasteiger partial charge in [-0.25, -0.2) is 9.59 Å². The van der Waals surface area contributed by atoms with E-state index in [1.165, 1.54) is 48.8 Å². The molecule has 2 unspecified atom stereocenters. The third kappa shape index (κ3) is 12.9. The maximum atomic E-state index is 13.2. The Kier molecular flexibility index (Phi) is 14.2. The fraction of sp³-hybridized carbons (Fsp3) is 0.459. The quantitative estimate of drug-likeness (QED) is 0.0680. The van der Waals surface area contributed by atoms with Gasteiger partial charge in [0, 0.05) is 30.1 Å². The average Bonchev–Trinajstić information content (AvgIpc) is 4.05. The molecule has 2 fully saturated rings. The number of halogens is 4. The number of alkyl halides is 2. The molecule has 0 saturated heterocycles. The highest BCUT2D eigenvalue weighted by Crippen LogP contribution is 2.38. The molecular weight excluding hydrogens is 789 g/mol. The second kappa shape index (κ2) is 18.6. The van der Waals surface area contributed by atoms with Gasteiger partial charge >= 0.3 is 24.5 Å². The Morgan fingerprint density at radius 1 is 0.927 bits per heavy atom. The van der Waals surface area contributed by atoms with E-state index in [-0.39, 0.29) is 70.0 Å². The Labute approximate surface area is 328 Å². The summed E-state index contributed by atoms with van der Waals surface area (Å²) >= 11 is 9.82. The number of nitrogens with zero attached hydrogens (tertiary/aromatic N) is 2. The Morgan fingerprint density at radius 2 is 1.56 bits per heavy atom. The van der Waals surface area contributed by atoms with E-state index in [0.717, 1.165) is 30.0 Å². The molecule has 0 N–H and O–H groups in total. The van der Waals surface area contributed by atoms with Crippen molar-refractivity contribution >= 4 is 58.1 Å². The van der Waals surface area contributed by atoms with Crippen LogP contribution < -0.4 is 18.5 Å². The molecule has 0 aliphatic heterocycles. The van der Waals surface area contributed by atoms with E-state index in [1.54, 1.807) is 20.8 Å². The van der Waals surface area contributed by atoms with Gasteiger partial charge in [-0.05, 0) is 99.7 Å². The van der Waals surface area contributed by atoms with Gasteiger partial charge in [-0.2, -0.15) is 8.78 Å². The van der Waals surface area contributed by atoms with E-state index >= 15 is 0 Å². The fourth-order valence-electron chi connectivity index (χ4n) is 5.13. The van der Waals surface area contributed by atoms with E-state index in [9.17, 15) is 31.9 Å². The maximum absolute atomic E-state index is 13.2. The molecule has 1 heterocycles. The van der Waals surface area contributed by atoms with Gasteiger partial charge < -0.3 is 33.0 Å². The van der Waals surface area contributed by atoms with Gasteiger partial charge in [0.1, 0.15) is 24.0 Å². The lowest BCUT2D eigenvalue weighted by Gasteiger charge is -2.29. The van der Waals surface area contributed by atoms with Crippen molar-refractivity contribution in [1.29, 1.82) is 0 Å². The Balaban J connectivity index is 1.33. The molecule has 0 amide bonds. The van der Waals surface area contributed by atoms with Gasteiger partial charge in [-0.1, -0.05) is 29.3 Å². The first-order valence-electron chi connectivity index (χ1n) is 17.3. The molecule has 2 aliphatic carbocycles. The molecule has 0 bridgehead atoms. The van der Waals surface area contributed by atoms with E-state index in [2.05, 4.69) is 9.72 Å². The van der Waals surface area contributed by atoms with Crippen molar-refractivity contribution in [1.82, 2.24) is 4.98 Å². The van der Waals surface area contributed by atoms with Crippen LogP contribution in [0.4, 0.5) is 14.5 Å². The van der Waals surface area contributed by atoms with Gasteiger partial charge in [0.25, 0.3) is 0 Å². The Bertz CT molecular complexity index is 1870. The summed E-state index contributed by atoms with van der Waals surface area (Å²) in [6.45, 7) is 0.803. The smallest absolute Gasteiger partial charge is 0.387 e. The summed E-state index contributed by atoms with van der Waals surface area (Å²) < 4.78 is 84.3. The lowest BCUT2D eigenvalue weighted by Crippen LogP contribution is -2.36. The van der Waals surface area contributed by atoms with Crippen molar-refractivity contribution in [3.63, 3.8) is 0 Å². The molecule has 2 aliphatic rings.